The number of para-hydroxylation sites is 2. The molecule has 0 bridgehead atoms. The van der Waals surface area contributed by atoms with Gasteiger partial charge in [0.1, 0.15) is 11.6 Å². The molecule has 0 atom stereocenters. The average Bonchev–Trinajstić information content (AvgIpc) is 3.23. The number of hydrogen-bond donors (Lipinski definition) is 1. The molecular formula is C31H37N3O2. The standard InChI is InChI=1S/C31H37N3O2/c1-23(2)25-15-17-27(18-16-25)36-21-9-20-34-29-13-7-6-12-28(29)33-30(34)14-8-19-32-31(35)22-26-11-5-4-10-24(26)3/h4-7,10-13,15-18,23H,8-9,14,19-22H2,1-3H3,(H,32,35). The summed E-state index contributed by atoms with van der Waals surface area (Å²) in [6.45, 7) is 8.58. The van der Waals surface area contributed by atoms with E-state index < -0.39 is 0 Å². The van der Waals surface area contributed by atoms with Crippen molar-refractivity contribution in [3.05, 3.63) is 95.3 Å². The summed E-state index contributed by atoms with van der Waals surface area (Å²) in [5, 5.41) is 3.07. The zero-order valence-electron chi connectivity index (χ0n) is 21.7. The Labute approximate surface area is 214 Å². The summed E-state index contributed by atoms with van der Waals surface area (Å²) in [6.07, 6.45) is 2.98. The maximum Gasteiger partial charge on any atom is 0.224 e. The maximum atomic E-state index is 12.4. The summed E-state index contributed by atoms with van der Waals surface area (Å²) < 4.78 is 8.29. The third-order valence-corrected chi connectivity index (χ3v) is 6.59. The molecule has 1 aromatic heterocycles. The Balaban J connectivity index is 1.28. The van der Waals surface area contributed by atoms with Crippen LogP contribution >= 0.6 is 0 Å². The van der Waals surface area contributed by atoms with Crippen molar-refractivity contribution in [1.29, 1.82) is 0 Å². The van der Waals surface area contributed by atoms with Gasteiger partial charge < -0.3 is 14.6 Å². The molecule has 4 aromatic rings. The fourth-order valence-corrected chi connectivity index (χ4v) is 4.45. The predicted octanol–water partition coefficient (Wildman–Crippen LogP) is 6.23. The molecule has 4 rings (SSSR count). The van der Waals surface area contributed by atoms with Crippen molar-refractivity contribution in [2.24, 2.45) is 0 Å². The highest BCUT2D eigenvalue weighted by Gasteiger charge is 2.11. The zero-order valence-corrected chi connectivity index (χ0v) is 21.7. The van der Waals surface area contributed by atoms with Crippen LogP contribution in [0.15, 0.2) is 72.8 Å². The van der Waals surface area contributed by atoms with Gasteiger partial charge in [-0.1, -0.05) is 62.4 Å². The van der Waals surface area contributed by atoms with Crippen LogP contribution in [-0.4, -0.2) is 28.6 Å². The van der Waals surface area contributed by atoms with E-state index in [1.165, 1.54) is 5.56 Å². The molecule has 5 heteroatoms. The van der Waals surface area contributed by atoms with Crippen LogP contribution in [0.5, 0.6) is 5.75 Å². The number of rotatable bonds is 12. The molecule has 0 saturated heterocycles. The van der Waals surface area contributed by atoms with Crippen LogP contribution < -0.4 is 10.1 Å². The first-order valence-electron chi connectivity index (χ1n) is 13.0. The number of nitrogens with one attached hydrogen (secondary N) is 1. The molecule has 188 valence electrons. The molecule has 0 fully saturated rings. The number of amides is 1. The summed E-state index contributed by atoms with van der Waals surface area (Å²) in [4.78, 5) is 17.3. The Kier molecular flexibility index (Phi) is 8.77. The molecule has 0 aliphatic heterocycles. The Hall–Kier alpha value is -3.60. The second kappa shape index (κ2) is 12.4. The lowest BCUT2D eigenvalue weighted by Crippen LogP contribution is -2.26. The predicted molar refractivity (Wildman–Crippen MR) is 147 cm³/mol. The van der Waals surface area contributed by atoms with Crippen LogP contribution in [0, 0.1) is 6.92 Å². The van der Waals surface area contributed by atoms with Crippen molar-refractivity contribution in [2.75, 3.05) is 13.2 Å². The van der Waals surface area contributed by atoms with E-state index in [2.05, 4.69) is 66.2 Å². The third kappa shape index (κ3) is 6.75. The summed E-state index contributed by atoms with van der Waals surface area (Å²) in [5.41, 5.74) is 5.72. The summed E-state index contributed by atoms with van der Waals surface area (Å²) >= 11 is 0. The fraction of sp³-hybridized carbons (Fsp3) is 0.355. The summed E-state index contributed by atoms with van der Waals surface area (Å²) in [7, 11) is 0. The minimum Gasteiger partial charge on any atom is -0.494 e. The van der Waals surface area contributed by atoms with Crippen molar-refractivity contribution < 1.29 is 9.53 Å². The topological polar surface area (TPSA) is 56.2 Å². The van der Waals surface area contributed by atoms with E-state index in [-0.39, 0.29) is 5.91 Å². The lowest BCUT2D eigenvalue weighted by molar-refractivity contribution is -0.120. The van der Waals surface area contributed by atoms with Crippen LogP contribution in [0.1, 0.15) is 55.1 Å². The molecule has 0 saturated carbocycles. The molecular weight excluding hydrogens is 446 g/mol. The first-order valence-corrected chi connectivity index (χ1v) is 13.0. The molecule has 0 spiro atoms. The summed E-state index contributed by atoms with van der Waals surface area (Å²) in [6, 6.07) is 24.7. The van der Waals surface area contributed by atoms with Crippen LogP contribution in [-0.2, 0) is 24.2 Å². The molecule has 36 heavy (non-hydrogen) atoms. The molecule has 1 N–H and O–H groups in total. The van der Waals surface area contributed by atoms with E-state index >= 15 is 0 Å². The van der Waals surface area contributed by atoms with E-state index in [0.29, 0.717) is 25.5 Å². The van der Waals surface area contributed by atoms with Crippen LogP contribution in [0.2, 0.25) is 0 Å². The van der Waals surface area contributed by atoms with Gasteiger partial charge in [-0.05, 0) is 66.6 Å². The number of benzene rings is 3. The number of fused-ring (bicyclic) bond motifs is 1. The zero-order chi connectivity index (χ0) is 25.3. The highest BCUT2D eigenvalue weighted by Crippen LogP contribution is 2.20. The highest BCUT2D eigenvalue weighted by molar-refractivity contribution is 5.79. The van der Waals surface area contributed by atoms with Crippen molar-refractivity contribution in [3.63, 3.8) is 0 Å². The number of nitrogens with zero attached hydrogens (tertiary/aromatic N) is 2. The van der Waals surface area contributed by atoms with E-state index in [1.54, 1.807) is 0 Å². The van der Waals surface area contributed by atoms with Gasteiger partial charge in [0.15, 0.2) is 0 Å². The van der Waals surface area contributed by atoms with Crippen LogP contribution in [0.3, 0.4) is 0 Å². The second-order valence-electron chi connectivity index (χ2n) is 9.65. The largest absolute Gasteiger partial charge is 0.494 e. The highest BCUT2D eigenvalue weighted by atomic mass is 16.5. The van der Waals surface area contributed by atoms with Crippen LogP contribution in [0.4, 0.5) is 0 Å². The Morgan fingerprint density at radius 2 is 1.72 bits per heavy atom. The van der Waals surface area contributed by atoms with Crippen molar-refractivity contribution in [1.82, 2.24) is 14.9 Å². The molecule has 0 radical (unpaired) electrons. The minimum absolute atomic E-state index is 0.0661. The minimum atomic E-state index is 0.0661. The Bertz CT molecular complexity index is 1270. The SMILES string of the molecule is Cc1ccccc1CC(=O)NCCCc1nc2ccccc2n1CCCOc1ccc(C(C)C)cc1. The van der Waals surface area contributed by atoms with Gasteiger partial charge in [-0.2, -0.15) is 0 Å². The lowest BCUT2D eigenvalue weighted by Gasteiger charge is -2.12. The number of hydrogen-bond acceptors (Lipinski definition) is 3. The molecule has 0 aliphatic rings. The fourth-order valence-electron chi connectivity index (χ4n) is 4.45. The van der Waals surface area contributed by atoms with E-state index in [0.717, 1.165) is 59.5 Å². The number of carbonyl (C=O) groups excluding carboxylic acids is 1. The van der Waals surface area contributed by atoms with Crippen LogP contribution in [0.25, 0.3) is 11.0 Å². The van der Waals surface area contributed by atoms with Gasteiger partial charge in [-0.3, -0.25) is 4.79 Å². The molecule has 1 heterocycles. The smallest absolute Gasteiger partial charge is 0.224 e. The number of imidazole rings is 1. The van der Waals surface area contributed by atoms with Gasteiger partial charge in [0.25, 0.3) is 0 Å². The van der Waals surface area contributed by atoms with Gasteiger partial charge in [0.2, 0.25) is 5.91 Å². The Morgan fingerprint density at radius 3 is 2.50 bits per heavy atom. The van der Waals surface area contributed by atoms with Gasteiger partial charge in [-0.15, -0.1) is 0 Å². The van der Waals surface area contributed by atoms with E-state index in [1.807, 2.05) is 37.3 Å². The molecule has 3 aromatic carbocycles. The monoisotopic (exact) mass is 483 g/mol. The molecule has 0 unspecified atom stereocenters. The molecule has 1 amide bonds. The van der Waals surface area contributed by atoms with Gasteiger partial charge in [0, 0.05) is 19.5 Å². The Morgan fingerprint density at radius 1 is 0.972 bits per heavy atom. The number of carbonyl (C=O) groups is 1. The number of aryl methyl sites for hydroxylation is 3. The van der Waals surface area contributed by atoms with E-state index in [9.17, 15) is 4.79 Å². The lowest BCUT2D eigenvalue weighted by atomic mass is 10.0. The van der Waals surface area contributed by atoms with Crippen molar-refractivity contribution >= 4 is 16.9 Å². The molecule has 5 nitrogen and oxygen atoms in total. The first-order chi connectivity index (χ1) is 17.5. The summed E-state index contributed by atoms with van der Waals surface area (Å²) in [5.74, 6) is 2.56. The van der Waals surface area contributed by atoms with Crippen molar-refractivity contribution in [2.45, 2.75) is 58.9 Å². The third-order valence-electron chi connectivity index (χ3n) is 6.59. The number of aromatic nitrogens is 2. The van der Waals surface area contributed by atoms with Gasteiger partial charge in [0.05, 0.1) is 24.1 Å². The van der Waals surface area contributed by atoms with Gasteiger partial charge >= 0.3 is 0 Å². The van der Waals surface area contributed by atoms with E-state index in [4.69, 9.17) is 9.72 Å². The van der Waals surface area contributed by atoms with Gasteiger partial charge in [-0.25, -0.2) is 4.98 Å². The second-order valence-corrected chi connectivity index (χ2v) is 9.65. The average molecular weight is 484 g/mol. The first kappa shape index (κ1) is 25.5. The normalized spacial score (nSPS) is 11.2. The van der Waals surface area contributed by atoms with Crippen molar-refractivity contribution in [3.8, 4) is 5.75 Å². The number of ether oxygens (including phenoxy) is 1. The maximum absolute atomic E-state index is 12.4. The molecule has 0 aliphatic carbocycles. The quantitative estimate of drug-likeness (QED) is 0.243.